The number of carboxylic acid groups (broad SMARTS) is 1. The van der Waals surface area contributed by atoms with Gasteiger partial charge in [-0.05, 0) is 18.1 Å². The lowest BCUT2D eigenvalue weighted by atomic mass is 10.2. The lowest BCUT2D eigenvalue weighted by Gasteiger charge is -2.22. The van der Waals surface area contributed by atoms with E-state index in [-0.39, 0.29) is 35.7 Å². The van der Waals surface area contributed by atoms with Crippen molar-refractivity contribution in [1.82, 2.24) is 9.88 Å². The molecule has 0 spiro atoms. The van der Waals surface area contributed by atoms with Crippen molar-refractivity contribution in [3.8, 4) is 0 Å². The van der Waals surface area contributed by atoms with Crippen LogP contribution in [0.4, 0.5) is 5.13 Å². The van der Waals surface area contributed by atoms with E-state index in [1.54, 1.807) is 12.1 Å². The van der Waals surface area contributed by atoms with E-state index < -0.39 is 11.9 Å². The molecule has 0 aromatic carbocycles. The second kappa shape index (κ2) is 8.43. The van der Waals surface area contributed by atoms with Gasteiger partial charge in [0.2, 0.25) is 5.91 Å². The summed E-state index contributed by atoms with van der Waals surface area (Å²) in [5.41, 5.74) is 0.311. The normalized spacial score (nSPS) is 10.7. The van der Waals surface area contributed by atoms with Crippen LogP contribution in [0.5, 0.6) is 0 Å². The molecule has 2 aromatic rings. The summed E-state index contributed by atoms with van der Waals surface area (Å²) in [4.78, 5) is 40.6. The van der Waals surface area contributed by atoms with E-state index in [1.165, 1.54) is 16.5 Å². The van der Waals surface area contributed by atoms with Crippen molar-refractivity contribution >= 4 is 34.3 Å². The molecule has 2 amide bonds. The van der Waals surface area contributed by atoms with Crippen molar-refractivity contribution in [2.45, 2.75) is 20.3 Å². The minimum absolute atomic E-state index is 0.160. The lowest BCUT2D eigenvalue weighted by molar-refractivity contribution is -0.304. The molecule has 134 valence electrons. The first kappa shape index (κ1) is 18.7. The number of hydrogen-bond donors (Lipinski definition) is 1. The van der Waals surface area contributed by atoms with E-state index in [9.17, 15) is 19.5 Å². The van der Waals surface area contributed by atoms with Crippen LogP contribution < -0.4 is 10.4 Å². The number of aromatic nitrogens is 1. The third-order valence-corrected chi connectivity index (χ3v) is 3.87. The first-order valence-corrected chi connectivity index (χ1v) is 8.50. The van der Waals surface area contributed by atoms with Crippen LogP contribution in [0.1, 0.15) is 30.1 Å². The fourth-order valence-corrected chi connectivity index (χ4v) is 2.87. The zero-order chi connectivity index (χ0) is 18.4. The maximum Gasteiger partial charge on any atom is 0.290 e. The van der Waals surface area contributed by atoms with E-state index in [0.717, 1.165) is 11.3 Å². The molecule has 0 saturated heterocycles. The van der Waals surface area contributed by atoms with Gasteiger partial charge >= 0.3 is 0 Å². The number of aliphatic carboxylic acids is 1. The molecule has 0 saturated carbocycles. The van der Waals surface area contributed by atoms with Crippen molar-refractivity contribution in [1.29, 1.82) is 0 Å². The fourth-order valence-electron chi connectivity index (χ4n) is 2.14. The molecule has 2 heterocycles. The Hall–Kier alpha value is -2.68. The number of thiazole rings is 1. The van der Waals surface area contributed by atoms with Crippen LogP contribution in [-0.2, 0) is 16.0 Å². The van der Waals surface area contributed by atoms with Crippen LogP contribution in [0, 0.1) is 5.92 Å². The number of rotatable bonds is 8. The Bertz CT molecular complexity index is 739. The van der Waals surface area contributed by atoms with Gasteiger partial charge in [0.15, 0.2) is 10.9 Å². The molecule has 0 aliphatic heterocycles. The number of nitrogens with zero attached hydrogens (tertiary/aromatic N) is 2. The summed E-state index contributed by atoms with van der Waals surface area (Å²) < 4.78 is 5.10. The molecular weight excluding hydrogens is 346 g/mol. The van der Waals surface area contributed by atoms with E-state index >= 15 is 0 Å². The summed E-state index contributed by atoms with van der Waals surface area (Å²) in [5.74, 6) is -1.70. The summed E-state index contributed by atoms with van der Waals surface area (Å²) in [6.45, 7) is 4.11. The first-order chi connectivity index (χ1) is 11.8. The van der Waals surface area contributed by atoms with Gasteiger partial charge in [-0.25, -0.2) is 4.98 Å². The summed E-state index contributed by atoms with van der Waals surface area (Å²) in [6.07, 6.45) is 1.08. The number of carboxylic acids is 1. The van der Waals surface area contributed by atoms with Gasteiger partial charge in [0, 0.05) is 24.3 Å². The average molecular weight is 364 g/mol. The van der Waals surface area contributed by atoms with Gasteiger partial charge in [-0.3, -0.25) is 9.59 Å². The number of hydrogen-bond acceptors (Lipinski definition) is 7. The average Bonchev–Trinajstić information content (AvgIpc) is 3.16. The first-order valence-electron chi connectivity index (χ1n) is 7.62. The number of carbonyl (C=O) groups excluding carboxylic acids is 3. The molecule has 25 heavy (non-hydrogen) atoms. The molecule has 9 heteroatoms. The molecule has 1 N–H and O–H groups in total. The van der Waals surface area contributed by atoms with Gasteiger partial charge in [-0.1, -0.05) is 13.8 Å². The number of carbonyl (C=O) groups is 3. The Labute approximate surface area is 148 Å². The molecule has 2 aromatic heterocycles. The van der Waals surface area contributed by atoms with Gasteiger partial charge in [0.1, 0.15) is 6.54 Å². The third-order valence-electron chi connectivity index (χ3n) is 3.06. The van der Waals surface area contributed by atoms with Gasteiger partial charge in [-0.15, -0.1) is 11.3 Å². The second-order valence-electron chi connectivity index (χ2n) is 5.80. The van der Waals surface area contributed by atoms with Crippen LogP contribution >= 0.6 is 11.3 Å². The van der Waals surface area contributed by atoms with Crippen molar-refractivity contribution in [2.24, 2.45) is 5.92 Å². The Balaban J connectivity index is 2.00. The molecule has 0 aliphatic rings. The Morgan fingerprint density at radius 2 is 2.16 bits per heavy atom. The van der Waals surface area contributed by atoms with Gasteiger partial charge in [0.25, 0.3) is 5.91 Å². The predicted octanol–water partition coefficient (Wildman–Crippen LogP) is 0.765. The van der Waals surface area contributed by atoms with Crippen molar-refractivity contribution in [3.05, 3.63) is 35.2 Å². The number of anilines is 1. The summed E-state index contributed by atoms with van der Waals surface area (Å²) in [6, 6.07) is 3.15. The van der Waals surface area contributed by atoms with Crippen LogP contribution in [-0.4, -0.2) is 40.8 Å². The van der Waals surface area contributed by atoms with Crippen LogP contribution in [0.3, 0.4) is 0 Å². The highest BCUT2D eigenvalue weighted by atomic mass is 32.1. The highest BCUT2D eigenvalue weighted by Crippen LogP contribution is 2.16. The highest BCUT2D eigenvalue weighted by molar-refractivity contribution is 7.13. The monoisotopic (exact) mass is 364 g/mol. The molecule has 0 bridgehead atoms. The third kappa shape index (κ3) is 5.71. The van der Waals surface area contributed by atoms with Crippen LogP contribution in [0.15, 0.2) is 28.2 Å². The lowest BCUT2D eigenvalue weighted by Crippen LogP contribution is -2.40. The molecule has 0 atom stereocenters. The van der Waals surface area contributed by atoms with Crippen molar-refractivity contribution in [2.75, 3.05) is 18.4 Å². The summed E-state index contributed by atoms with van der Waals surface area (Å²) in [7, 11) is 0. The minimum Gasteiger partial charge on any atom is -0.550 e. The summed E-state index contributed by atoms with van der Waals surface area (Å²) >= 11 is 1.11. The molecule has 0 aliphatic carbocycles. The van der Waals surface area contributed by atoms with E-state index in [1.807, 2.05) is 13.8 Å². The highest BCUT2D eigenvalue weighted by Gasteiger charge is 2.22. The van der Waals surface area contributed by atoms with Gasteiger partial charge in [-0.2, -0.15) is 0 Å². The smallest absolute Gasteiger partial charge is 0.290 e. The number of amides is 2. The zero-order valence-corrected chi connectivity index (χ0v) is 14.7. The Morgan fingerprint density at radius 1 is 1.40 bits per heavy atom. The Morgan fingerprint density at radius 3 is 2.76 bits per heavy atom. The van der Waals surface area contributed by atoms with Crippen molar-refractivity contribution < 1.29 is 23.9 Å². The molecule has 0 fully saturated rings. The van der Waals surface area contributed by atoms with Crippen molar-refractivity contribution in [3.63, 3.8) is 0 Å². The standard InChI is InChI=1S/C16H19N3O5S/c1-10(2)7-19(15(23)12-4-3-5-24-12)8-13(20)18-16-17-11(9-25-16)6-14(21)22/h3-5,9-10H,6-8H2,1-2H3,(H,21,22)(H,17,18,20)/p-1. The SMILES string of the molecule is CC(C)CN(CC(=O)Nc1nc(CC(=O)[O-])cs1)C(=O)c1ccco1. The number of nitrogens with one attached hydrogen (secondary N) is 1. The van der Waals surface area contributed by atoms with Crippen LogP contribution in [0.25, 0.3) is 0 Å². The second-order valence-corrected chi connectivity index (χ2v) is 6.66. The predicted molar refractivity (Wildman–Crippen MR) is 88.9 cm³/mol. The topological polar surface area (TPSA) is 116 Å². The fraction of sp³-hybridized carbons (Fsp3) is 0.375. The largest absolute Gasteiger partial charge is 0.550 e. The molecule has 0 radical (unpaired) electrons. The van der Waals surface area contributed by atoms with Crippen LogP contribution in [0.2, 0.25) is 0 Å². The number of furan rings is 1. The molecule has 2 rings (SSSR count). The Kier molecular flexibility index (Phi) is 6.29. The zero-order valence-electron chi connectivity index (χ0n) is 13.9. The van der Waals surface area contributed by atoms with E-state index in [0.29, 0.717) is 12.2 Å². The quantitative estimate of drug-likeness (QED) is 0.739. The molecule has 0 unspecified atom stereocenters. The molecule has 8 nitrogen and oxygen atoms in total. The maximum absolute atomic E-state index is 12.4. The van der Waals surface area contributed by atoms with E-state index in [2.05, 4.69) is 10.3 Å². The van der Waals surface area contributed by atoms with E-state index in [4.69, 9.17) is 4.42 Å². The minimum atomic E-state index is -1.24. The van der Waals surface area contributed by atoms with Gasteiger partial charge < -0.3 is 24.5 Å². The van der Waals surface area contributed by atoms with Gasteiger partial charge in [0.05, 0.1) is 12.0 Å². The summed E-state index contributed by atoms with van der Waals surface area (Å²) in [5, 5.41) is 14.9. The maximum atomic E-state index is 12.4. The molecular formula is C16H18N3O5S-.